The maximum atomic E-state index is 5.88. The van der Waals surface area contributed by atoms with Gasteiger partial charge in [0.1, 0.15) is 17.6 Å². The highest BCUT2D eigenvalue weighted by Gasteiger charge is 2.17. The molecule has 8 rings (SSSR count). The number of furan rings is 1. The van der Waals surface area contributed by atoms with Crippen LogP contribution in [0.5, 0.6) is 0 Å². The number of para-hydroxylation sites is 2. The Balaban J connectivity index is 1.40. The van der Waals surface area contributed by atoms with E-state index in [1.54, 1.807) is 6.26 Å². The number of hydrogen-bond acceptors (Lipinski definition) is 2. The molecule has 4 aromatic carbocycles. The Hall–Kier alpha value is -5.09. The van der Waals surface area contributed by atoms with Crippen LogP contribution in [0.1, 0.15) is 0 Å². The summed E-state index contributed by atoms with van der Waals surface area (Å²) >= 11 is 0. The highest BCUT2D eigenvalue weighted by Crippen LogP contribution is 2.35. The molecule has 0 unspecified atom stereocenters. The largest absolute Gasteiger partial charge is 0.462 e. The molecule has 4 aromatic heterocycles. The number of fused-ring (bicyclic) bond motifs is 5. The third-order valence-electron chi connectivity index (χ3n) is 7.25. The standard InChI is InChI=1S/C33H21N3O/c1-2-8-22(9-3-1)27-21-37-31-16-17-32(34-33(27)31)36-29-13-7-5-11-25(29)26-15-14-24(20-30(26)36)35-19-18-23-10-4-6-12-28(23)35/h1-21H. The van der Waals surface area contributed by atoms with E-state index < -0.39 is 0 Å². The molecule has 0 amide bonds. The quantitative estimate of drug-likeness (QED) is 0.257. The predicted octanol–water partition coefficient (Wildman–Crippen LogP) is 8.54. The minimum Gasteiger partial charge on any atom is -0.462 e. The second kappa shape index (κ2) is 7.70. The molecule has 0 aliphatic rings. The fourth-order valence-corrected chi connectivity index (χ4v) is 5.51. The molecule has 4 nitrogen and oxygen atoms in total. The summed E-state index contributed by atoms with van der Waals surface area (Å²) in [6, 6.07) is 40.2. The number of pyridine rings is 1. The van der Waals surface area contributed by atoms with E-state index in [-0.39, 0.29) is 0 Å². The maximum absolute atomic E-state index is 5.88. The molecule has 4 heteroatoms. The third-order valence-corrected chi connectivity index (χ3v) is 7.25. The molecule has 0 aliphatic carbocycles. The Labute approximate surface area is 212 Å². The molecule has 0 fully saturated rings. The number of hydrogen-bond donors (Lipinski definition) is 0. The van der Waals surface area contributed by atoms with Crippen LogP contribution in [-0.4, -0.2) is 14.1 Å². The van der Waals surface area contributed by atoms with Gasteiger partial charge in [-0.2, -0.15) is 0 Å². The van der Waals surface area contributed by atoms with E-state index in [1.807, 2.05) is 30.3 Å². The SMILES string of the molecule is c1ccc(-c2coc3ccc(-n4c5ccccc5c5ccc(-n6ccc7ccccc76)cc54)nc23)cc1. The third kappa shape index (κ3) is 2.99. The van der Waals surface area contributed by atoms with Gasteiger partial charge in [0.2, 0.25) is 0 Å². The van der Waals surface area contributed by atoms with Crippen LogP contribution in [-0.2, 0) is 0 Å². The zero-order valence-electron chi connectivity index (χ0n) is 19.9. The van der Waals surface area contributed by atoms with Gasteiger partial charge in [0.25, 0.3) is 0 Å². The summed E-state index contributed by atoms with van der Waals surface area (Å²) in [5, 5.41) is 3.63. The summed E-state index contributed by atoms with van der Waals surface area (Å²) in [7, 11) is 0. The average molecular weight is 476 g/mol. The van der Waals surface area contributed by atoms with Crippen LogP contribution in [0.15, 0.2) is 132 Å². The van der Waals surface area contributed by atoms with Crippen LogP contribution in [0, 0.1) is 0 Å². The average Bonchev–Trinajstić information content (AvgIpc) is 3.66. The predicted molar refractivity (Wildman–Crippen MR) is 151 cm³/mol. The van der Waals surface area contributed by atoms with Crippen molar-refractivity contribution in [2.75, 3.05) is 0 Å². The summed E-state index contributed by atoms with van der Waals surface area (Å²) in [5.41, 5.74) is 8.29. The minimum atomic E-state index is 0.780. The van der Waals surface area contributed by atoms with Gasteiger partial charge in [-0.15, -0.1) is 0 Å². The van der Waals surface area contributed by atoms with Gasteiger partial charge in [0, 0.05) is 28.2 Å². The zero-order valence-corrected chi connectivity index (χ0v) is 19.9. The lowest BCUT2D eigenvalue weighted by molar-refractivity contribution is 0.616. The Morgan fingerprint density at radius 1 is 0.622 bits per heavy atom. The highest BCUT2D eigenvalue weighted by atomic mass is 16.3. The Morgan fingerprint density at radius 2 is 1.41 bits per heavy atom. The van der Waals surface area contributed by atoms with Crippen LogP contribution < -0.4 is 0 Å². The van der Waals surface area contributed by atoms with Crippen molar-refractivity contribution in [2.45, 2.75) is 0 Å². The molecular formula is C33H21N3O. The fraction of sp³-hybridized carbons (Fsp3) is 0. The van der Waals surface area contributed by atoms with Crippen molar-refractivity contribution in [1.29, 1.82) is 0 Å². The van der Waals surface area contributed by atoms with Gasteiger partial charge >= 0.3 is 0 Å². The van der Waals surface area contributed by atoms with Gasteiger partial charge in [-0.3, -0.25) is 4.57 Å². The van der Waals surface area contributed by atoms with Crippen molar-refractivity contribution in [3.63, 3.8) is 0 Å². The van der Waals surface area contributed by atoms with Crippen molar-refractivity contribution in [1.82, 2.24) is 14.1 Å². The van der Waals surface area contributed by atoms with E-state index in [1.165, 1.54) is 21.7 Å². The van der Waals surface area contributed by atoms with E-state index in [0.717, 1.165) is 44.8 Å². The summed E-state index contributed by atoms with van der Waals surface area (Å²) < 4.78 is 10.4. The molecule has 174 valence electrons. The monoisotopic (exact) mass is 475 g/mol. The molecule has 0 saturated carbocycles. The lowest BCUT2D eigenvalue weighted by atomic mass is 10.1. The van der Waals surface area contributed by atoms with Gasteiger partial charge in [0.15, 0.2) is 5.58 Å². The smallest absolute Gasteiger partial charge is 0.153 e. The molecule has 0 bridgehead atoms. The van der Waals surface area contributed by atoms with Crippen molar-refractivity contribution in [3.8, 4) is 22.6 Å². The van der Waals surface area contributed by atoms with Crippen molar-refractivity contribution < 1.29 is 4.42 Å². The number of benzene rings is 4. The lowest BCUT2D eigenvalue weighted by Gasteiger charge is -2.10. The summed E-state index contributed by atoms with van der Waals surface area (Å²) in [6.45, 7) is 0. The highest BCUT2D eigenvalue weighted by molar-refractivity contribution is 6.10. The topological polar surface area (TPSA) is 35.9 Å². The van der Waals surface area contributed by atoms with E-state index >= 15 is 0 Å². The van der Waals surface area contributed by atoms with E-state index in [0.29, 0.717) is 0 Å². The summed E-state index contributed by atoms with van der Waals surface area (Å²) in [6.07, 6.45) is 3.94. The molecule has 37 heavy (non-hydrogen) atoms. The van der Waals surface area contributed by atoms with Crippen LogP contribution in [0.3, 0.4) is 0 Å². The summed E-state index contributed by atoms with van der Waals surface area (Å²) in [4.78, 5) is 5.16. The first-order valence-corrected chi connectivity index (χ1v) is 12.4. The van der Waals surface area contributed by atoms with Crippen LogP contribution in [0.2, 0.25) is 0 Å². The first-order valence-electron chi connectivity index (χ1n) is 12.4. The van der Waals surface area contributed by atoms with Gasteiger partial charge in [-0.25, -0.2) is 4.98 Å². The van der Waals surface area contributed by atoms with Gasteiger partial charge in [-0.1, -0.05) is 72.8 Å². The summed E-state index contributed by atoms with van der Waals surface area (Å²) in [5.74, 6) is 0.867. The Morgan fingerprint density at radius 3 is 2.32 bits per heavy atom. The van der Waals surface area contributed by atoms with E-state index in [4.69, 9.17) is 9.40 Å². The van der Waals surface area contributed by atoms with E-state index in [2.05, 4.69) is 100 Å². The first-order chi connectivity index (χ1) is 18.3. The molecule has 0 saturated heterocycles. The number of rotatable bonds is 3. The zero-order chi connectivity index (χ0) is 24.3. The molecule has 0 N–H and O–H groups in total. The first kappa shape index (κ1) is 20.1. The fourth-order valence-electron chi connectivity index (χ4n) is 5.51. The maximum Gasteiger partial charge on any atom is 0.153 e. The number of nitrogens with zero attached hydrogens (tertiary/aromatic N) is 3. The molecular weight excluding hydrogens is 454 g/mol. The van der Waals surface area contributed by atoms with Crippen molar-refractivity contribution >= 4 is 43.8 Å². The minimum absolute atomic E-state index is 0.780. The molecule has 8 aromatic rings. The molecule has 0 atom stereocenters. The lowest BCUT2D eigenvalue weighted by Crippen LogP contribution is -1.98. The van der Waals surface area contributed by atoms with Crippen LogP contribution in [0.4, 0.5) is 0 Å². The number of aromatic nitrogens is 3. The molecule has 4 heterocycles. The van der Waals surface area contributed by atoms with Gasteiger partial charge in [0.05, 0.1) is 16.6 Å². The van der Waals surface area contributed by atoms with Crippen LogP contribution in [0.25, 0.3) is 66.4 Å². The Bertz CT molecular complexity index is 2090. The van der Waals surface area contributed by atoms with Gasteiger partial charge < -0.3 is 8.98 Å². The Kier molecular flexibility index (Phi) is 4.19. The van der Waals surface area contributed by atoms with Gasteiger partial charge in [-0.05, 0) is 53.4 Å². The molecule has 0 spiro atoms. The van der Waals surface area contributed by atoms with Crippen molar-refractivity contribution in [3.05, 3.63) is 128 Å². The van der Waals surface area contributed by atoms with Crippen molar-refractivity contribution in [2.24, 2.45) is 0 Å². The second-order valence-electron chi connectivity index (χ2n) is 9.33. The molecule has 0 radical (unpaired) electrons. The van der Waals surface area contributed by atoms with Crippen LogP contribution >= 0.6 is 0 Å². The molecule has 0 aliphatic heterocycles. The second-order valence-corrected chi connectivity index (χ2v) is 9.33. The van der Waals surface area contributed by atoms with E-state index in [9.17, 15) is 0 Å². The normalized spacial score (nSPS) is 11.8.